The highest BCUT2D eigenvalue weighted by Crippen LogP contribution is 2.06. The lowest BCUT2D eigenvalue weighted by molar-refractivity contribution is 0.299. The summed E-state index contributed by atoms with van der Waals surface area (Å²) in [4.78, 5) is 2.39. The topological polar surface area (TPSA) is 29.3 Å². The molecule has 2 heteroatoms. The molecular formula is C10H24N2. The smallest absolute Gasteiger partial charge is 0.00187 e. The highest BCUT2D eigenvalue weighted by molar-refractivity contribution is 4.60. The first-order chi connectivity index (χ1) is 5.74. The Morgan fingerprint density at radius 3 is 2.33 bits per heavy atom. The summed E-state index contributed by atoms with van der Waals surface area (Å²) in [6.07, 6.45) is 3.72. The molecule has 1 unspecified atom stereocenters. The van der Waals surface area contributed by atoms with Crippen LogP contribution in [-0.2, 0) is 0 Å². The van der Waals surface area contributed by atoms with Crippen molar-refractivity contribution in [3.05, 3.63) is 0 Å². The highest BCUT2D eigenvalue weighted by Gasteiger charge is 2.04. The van der Waals surface area contributed by atoms with Gasteiger partial charge in [-0.25, -0.2) is 0 Å². The van der Waals surface area contributed by atoms with E-state index < -0.39 is 0 Å². The fraction of sp³-hybridized carbons (Fsp3) is 1.00. The zero-order chi connectivity index (χ0) is 9.40. The lowest BCUT2D eigenvalue weighted by atomic mass is 10.0. The molecule has 0 saturated heterocycles. The fourth-order valence-corrected chi connectivity index (χ4v) is 1.39. The van der Waals surface area contributed by atoms with Crippen LogP contribution in [0.25, 0.3) is 0 Å². The zero-order valence-electron chi connectivity index (χ0n) is 8.84. The molecule has 0 amide bonds. The molecular weight excluding hydrogens is 148 g/mol. The first kappa shape index (κ1) is 11.9. The summed E-state index contributed by atoms with van der Waals surface area (Å²) >= 11 is 0. The Balaban J connectivity index is 3.37. The van der Waals surface area contributed by atoms with E-state index in [0.29, 0.717) is 0 Å². The maximum Gasteiger partial charge on any atom is -0.00187 e. The van der Waals surface area contributed by atoms with Crippen LogP contribution in [0.5, 0.6) is 0 Å². The Hall–Kier alpha value is -0.0800. The molecule has 2 nitrogen and oxygen atoms in total. The van der Waals surface area contributed by atoms with Gasteiger partial charge in [0.15, 0.2) is 0 Å². The summed E-state index contributed by atoms with van der Waals surface area (Å²) in [5.74, 6) is 0.726. The third kappa shape index (κ3) is 5.56. The van der Waals surface area contributed by atoms with E-state index in [1.54, 1.807) is 0 Å². The summed E-state index contributed by atoms with van der Waals surface area (Å²) in [6, 6.07) is 0. The monoisotopic (exact) mass is 172 g/mol. The minimum atomic E-state index is 0.726. The van der Waals surface area contributed by atoms with E-state index in [4.69, 9.17) is 5.73 Å². The van der Waals surface area contributed by atoms with Crippen LogP contribution < -0.4 is 5.73 Å². The van der Waals surface area contributed by atoms with E-state index in [1.165, 1.54) is 32.4 Å². The van der Waals surface area contributed by atoms with E-state index in [2.05, 4.69) is 25.8 Å². The van der Waals surface area contributed by atoms with Crippen molar-refractivity contribution >= 4 is 0 Å². The Kier molecular flexibility index (Phi) is 7.51. The van der Waals surface area contributed by atoms with Gasteiger partial charge in [-0.1, -0.05) is 20.3 Å². The number of rotatable bonds is 7. The van der Waals surface area contributed by atoms with Crippen molar-refractivity contribution in [2.75, 3.05) is 26.7 Å². The summed E-state index contributed by atoms with van der Waals surface area (Å²) < 4.78 is 0. The molecule has 0 heterocycles. The molecule has 0 aromatic rings. The standard InChI is InChI=1S/C10H24N2/c1-4-7-12(3)8-6-10(5-2)9-11/h10H,4-9,11H2,1-3H3. The van der Waals surface area contributed by atoms with Crippen LogP contribution in [0, 0.1) is 5.92 Å². The van der Waals surface area contributed by atoms with Crippen LogP contribution in [0.15, 0.2) is 0 Å². The number of hydrogen-bond acceptors (Lipinski definition) is 2. The predicted molar refractivity (Wildman–Crippen MR) is 55.2 cm³/mol. The quantitative estimate of drug-likeness (QED) is 0.633. The maximum atomic E-state index is 5.62. The second kappa shape index (κ2) is 7.56. The van der Waals surface area contributed by atoms with Gasteiger partial charge in [0.25, 0.3) is 0 Å². The fourth-order valence-electron chi connectivity index (χ4n) is 1.39. The van der Waals surface area contributed by atoms with Gasteiger partial charge in [0, 0.05) is 0 Å². The van der Waals surface area contributed by atoms with Crippen molar-refractivity contribution < 1.29 is 0 Å². The van der Waals surface area contributed by atoms with Crippen LogP contribution in [0.1, 0.15) is 33.1 Å². The lowest BCUT2D eigenvalue weighted by Gasteiger charge is -2.18. The Morgan fingerprint density at radius 1 is 1.25 bits per heavy atom. The second-order valence-electron chi connectivity index (χ2n) is 3.60. The van der Waals surface area contributed by atoms with Gasteiger partial charge in [-0.3, -0.25) is 0 Å². The summed E-state index contributed by atoms with van der Waals surface area (Å²) in [7, 11) is 2.19. The molecule has 0 rings (SSSR count). The Bertz CT molecular complexity index is 89.8. The molecule has 0 aliphatic rings. The van der Waals surface area contributed by atoms with Gasteiger partial charge in [0.2, 0.25) is 0 Å². The summed E-state index contributed by atoms with van der Waals surface area (Å²) in [5.41, 5.74) is 5.62. The third-order valence-corrected chi connectivity index (χ3v) is 2.44. The first-order valence-corrected chi connectivity index (χ1v) is 5.13. The maximum absolute atomic E-state index is 5.62. The van der Waals surface area contributed by atoms with Gasteiger partial charge in [-0.05, 0) is 45.4 Å². The van der Waals surface area contributed by atoms with Gasteiger partial charge >= 0.3 is 0 Å². The minimum absolute atomic E-state index is 0.726. The number of hydrogen-bond donors (Lipinski definition) is 1. The Labute approximate surface area is 77.1 Å². The van der Waals surface area contributed by atoms with Crippen molar-refractivity contribution in [2.45, 2.75) is 33.1 Å². The van der Waals surface area contributed by atoms with Gasteiger partial charge in [-0.2, -0.15) is 0 Å². The molecule has 0 aromatic heterocycles. The van der Waals surface area contributed by atoms with E-state index >= 15 is 0 Å². The van der Waals surface area contributed by atoms with E-state index in [0.717, 1.165) is 12.5 Å². The van der Waals surface area contributed by atoms with E-state index in [-0.39, 0.29) is 0 Å². The van der Waals surface area contributed by atoms with Crippen LogP contribution in [-0.4, -0.2) is 31.6 Å². The molecule has 12 heavy (non-hydrogen) atoms. The predicted octanol–water partition coefficient (Wildman–Crippen LogP) is 1.70. The van der Waals surface area contributed by atoms with Crippen molar-refractivity contribution in [1.82, 2.24) is 4.90 Å². The average Bonchev–Trinajstić information content (AvgIpc) is 2.07. The normalized spacial score (nSPS) is 13.8. The van der Waals surface area contributed by atoms with E-state index in [1.807, 2.05) is 0 Å². The SMILES string of the molecule is CCCN(C)CCC(CC)CN. The molecule has 0 spiro atoms. The number of nitrogens with two attached hydrogens (primary N) is 1. The van der Waals surface area contributed by atoms with Crippen molar-refractivity contribution in [2.24, 2.45) is 11.7 Å². The molecule has 2 N–H and O–H groups in total. The molecule has 0 aliphatic heterocycles. The van der Waals surface area contributed by atoms with Crippen molar-refractivity contribution in [3.8, 4) is 0 Å². The molecule has 0 aromatic carbocycles. The van der Waals surface area contributed by atoms with Crippen LogP contribution in [0.2, 0.25) is 0 Å². The number of nitrogens with zero attached hydrogens (tertiary/aromatic N) is 1. The van der Waals surface area contributed by atoms with E-state index in [9.17, 15) is 0 Å². The summed E-state index contributed by atoms with van der Waals surface area (Å²) in [6.45, 7) is 7.69. The van der Waals surface area contributed by atoms with Gasteiger partial charge in [0.05, 0.1) is 0 Å². The highest BCUT2D eigenvalue weighted by atomic mass is 15.1. The Morgan fingerprint density at radius 2 is 1.92 bits per heavy atom. The molecule has 0 saturated carbocycles. The zero-order valence-corrected chi connectivity index (χ0v) is 8.84. The molecule has 0 fully saturated rings. The molecule has 0 aliphatic carbocycles. The molecule has 0 radical (unpaired) electrons. The van der Waals surface area contributed by atoms with Crippen LogP contribution in [0.3, 0.4) is 0 Å². The summed E-state index contributed by atoms with van der Waals surface area (Å²) in [5, 5.41) is 0. The van der Waals surface area contributed by atoms with Crippen LogP contribution >= 0.6 is 0 Å². The van der Waals surface area contributed by atoms with Crippen molar-refractivity contribution in [3.63, 3.8) is 0 Å². The first-order valence-electron chi connectivity index (χ1n) is 5.13. The lowest BCUT2D eigenvalue weighted by Crippen LogP contribution is -2.24. The van der Waals surface area contributed by atoms with Crippen LogP contribution in [0.4, 0.5) is 0 Å². The van der Waals surface area contributed by atoms with Gasteiger partial charge in [-0.15, -0.1) is 0 Å². The largest absolute Gasteiger partial charge is 0.330 e. The third-order valence-electron chi connectivity index (χ3n) is 2.44. The van der Waals surface area contributed by atoms with Gasteiger partial charge in [0.1, 0.15) is 0 Å². The average molecular weight is 172 g/mol. The second-order valence-corrected chi connectivity index (χ2v) is 3.60. The van der Waals surface area contributed by atoms with Crippen molar-refractivity contribution in [1.29, 1.82) is 0 Å². The molecule has 74 valence electrons. The van der Waals surface area contributed by atoms with Gasteiger partial charge < -0.3 is 10.6 Å². The molecule has 1 atom stereocenters. The minimum Gasteiger partial charge on any atom is -0.330 e. The molecule has 0 bridgehead atoms.